The molecule has 0 aromatic rings. The monoisotopic (exact) mass is 886 g/mol. The van der Waals surface area contributed by atoms with Crippen molar-refractivity contribution < 1.29 is 20.1 Å². The Morgan fingerprint density at radius 1 is 0.397 bits per heavy atom. The Balaban J connectivity index is 3.45. The summed E-state index contributed by atoms with van der Waals surface area (Å²) < 4.78 is 0. The Labute approximate surface area is 394 Å². The summed E-state index contributed by atoms with van der Waals surface area (Å²) >= 11 is 0. The molecule has 4 N–H and O–H groups in total. The zero-order valence-corrected chi connectivity index (χ0v) is 42.5. The molecule has 0 bridgehead atoms. The number of rotatable bonds is 52. The van der Waals surface area contributed by atoms with Gasteiger partial charge in [0, 0.05) is 0 Å². The third kappa shape index (κ3) is 49.8. The molecule has 0 heterocycles. The minimum atomic E-state index is -0.950. The van der Waals surface area contributed by atoms with Gasteiger partial charge in [0.05, 0.1) is 31.3 Å². The second kappa shape index (κ2) is 53.2. The van der Waals surface area contributed by atoms with E-state index in [0.29, 0.717) is 6.42 Å². The van der Waals surface area contributed by atoms with E-state index >= 15 is 0 Å². The molecule has 0 aromatic heterocycles. The van der Waals surface area contributed by atoms with Gasteiger partial charge in [-0.1, -0.05) is 275 Å². The van der Waals surface area contributed by atoms with Crippen LogP contribution >= 0.6 is 0 Å². The number of nitrogens with one attached hydrogen (secondary N) is 1. The number of carbonyl (C=O) groups is 1. The Morgan fingerprint density at radius 3 is 1.02 bits per heavy atom. The van der Waals surface area contributed by atoms with Crippen molar-refractivity contribution in [3.63, 3.8) is 0 Å². The van der Waals surface area contributed by atoms with Crippen LogP contribution in [0.5, 0.6) is 0 Å². The van der Waals surface area contributed by atoms with Gasteiger partial charge in [0.1, 0.15) is 0 Å². The zero-order chi connectivity index (χ0) is 45.8. The van der Waals surface area contributed by atoms with E-state index in [2.05, 4.69) is 43.5 Å². The largest absolute Gasteiger partial charge is 0.394 e. The van der Waals surface area contributed by atoms with Crippen molar-refractivity contribution in [1.82, 2.24) is 5.32 Å². The highest BCUT2D eigenvalue weighted by atomic mass is 16.3. The maximum Gasteiger partial charge on any atom is 0.222 e. The van der Waals surface area contributed by atoms with Crippen molar-refractivity contribution in [3.8, 4) is 0 Å². The molecule has 3 atom stereocenters. The Bertz CT molecular complexity index is 978. The molecule has 0 aliphatic carbocycles. The fourth-order valence-electron chi connectivity index (χ4n) is 8.82. The molecule has 0 aliphatic rings. The molecule has 0 fully saturated rings. The maximum absolute atomic E-state index is 12.4. The maximum atomic E-state index is 12.4. The first kappa shape index (κ1) is 61.6. The van der Waals surface area contributed by atoms with Gasteiger partial charge in [-0.15, -0.1) is 0 Å². The van der Waals surface area contributed by atoms with Crippen molar-refractivity contribution in [1.29, 1.82) is 0 Å². The molecule has 0 aromatic carbocycles. The highest BCUT2D eigenvalue weighted by molar-refractivity contribution is 5.76. The van der Waals surface area contributed by atoms with Crippen molar-refractivity contribution in [3.05, 3.63) is 36.5 Å². The number of unbranched alkanes of at least 4 members (excludes halogenated alkanes) is 39. The highest BCUT2D eigenvalue weighted by Crippen LogP contribution is 2.17. The fourth-order valence-corrected chi connectivity index (χ4v) is 8.82. The molecule has 0 saturated heterocycles. The number of carbonyl (C=O) groups excluding carboxylic acids is 1. The average molecular weight is 887 g/mol. The molecule has 0 aliphatic heterocycles. The van der Waals surface area contributed by atoms with Gasteiger partial charge in [-0.05, 0) is 57.8 Å². The first-order valence-electron chi connectivity index (χ1n) is 28.3. The summed E-state index contributed by atoms with van der Waals surface area (Å²) in [6.07, 6.45) is 69.4. The highest BCUT2D eigenvalue weighted by Gasteiger charge is 2.20. The normalized spacial score (nSPS) is 13.5. The van der Waals surface area contributed by atoms with Crippen LogP contribution in [0.2, 0.25) is 0 Å². The molecule has 1 amide bonds. The van der Waals surface area contributed by atoms with E-state index in [-0.39, 0.29) is 18.9 Å². The smallest absolute Gasteiger partial charge is 0.222 e. The van der Waals surface area contributed by atoms with Gasteiger partial charge >= 0.3 is 0 Å². The number of hydrogen-bond acceptors (Lipinski definition) is 4. The Kier molecular flexibility index (Phi) is 52.0. The Hall–Kier alpha value is -1.43. The predicted molar refractivity (Wildman–Crippen MR) is 278 cm³/mol. The van der Waals surface area contributed by atoms with Gasteiger partial charge in [-0.3, -0.25) is 4.79 Å². The predicted octanol–water partition coefficient (Wildman–Crippen LogP) is 17.4. The standard InChI is InChI=1S/C58H111NO4/c1-3-5-7-9-11-13-15-16-17-18-19-20-21-22-23-24-25-26-27-28-29-30-31-32-33-34-35-36-37-38-39-40-42-43-45-47-49-51-55(61)53-58(63)59-56(54-60)57(62)52-50-48-46-44-41-14-12-10-8-6-4-2/h28-29,41,44,50,52,55-57,60-62H,3-27,30-40,42-43,45-49,51,53-54H2,1-2H3,(H,59,63)/b29-28-,44-41+,52-50+. The molecule has 5 nitrogen and oxygen atoms in total. The zero-order valence-electron chi connectivity index (χ0n) is 42.5. The molecule has 0 radical (unpaired) electrons. The molecule has 0 rings (SSSR count). The molecular weight excluding hydrogens is 775 g/mol. The lowest BCUT2D eigenvalue weighted by Gasteiger charge is -2.21. The molecule has 0 saturated carbocycles. The second-order valence-electron chi connectivity index (χ2n) is 19.5. The second-order valence-corrected chi connectivity index (χ2v) is 19.5. The van der Waals surface area contributed by atoms with Gasteiger partial charge in [0.2, 0.25) is 5.91 Å². The summed E-state index contributed by atoms with van der Waals surface area (Å²) in [7, 11) is 0. The van der Waals surface area contributed by atoms with Crippen LogP contribution in [0.25, 0.3) is 0 Å². The Morgan fingerprint density at radius 2 is 0.683 bits per heavy atom. The van der Waals surface area contributed by atoms with Gasteiger partial charge in [0.25, 0.3) is 0 Å². The van der Waals surface area contributed by atoms with Crippen LogP contribution < -0.4 is 5.32 Å². The van der Waals surface area contributed by atoms with E-state index in [0.717, 1.165) is 32.1 Å². The summed E-state index contributed by atoms with van der Waals surface area (Å²) in [4.78, 5) is 12.4. The van der Waals surface area contributed by atoms with E-state index in [9.17, 15) is 20.1 Å². The van der Waals surface area contributed by atoms with Crippen LogP contribution in [0, 0.1) is 0 Å². The molecule has 3 unspecified atom stereocenters. The van der Waals surface area contributed by atoms with Crippen LogP contribution in [0.1, 0.15) is 303 Å². The summed E-state index contributed by atoms with van der Waals surface area (Å²) in [6, 6.07) is -0.759. The van der Waals surface area contributed by atoms with Crippen LogP contribution in [0.4, 0.5) is 0 Å². The van der Waals surface area contributed by atoms with Gasteiger partial charge in [-0.25, -0.2) is 0 Å². The fraction of sp³-hybridized carbons (Fsp3) is 0.879. The lowest BCUT2D eigenvalue weighted by Crippen LogP contribution is -2.45. The van der Waals surface area contributed by atoms with E-state index in [1.807, 2.05) is 6.08 Å². The topological polar surface area (TPSA) is 89.8 Å². The van der Waals surface area contributed by atoms with Crippen molar-refractivity contribution in [2.75, 3.05) is 6.61 Å². The van der Waals surface area contributed by atoms with Crippen LogP contribution in [-0.2, 0) is 4.79 Å². The average Bonchev–Trinajstić information content (AvgIpc) is 3.28. The SMILES string of the molecule is CCCCCCC/C=C/CC/C=C/C(O)C(CO)NC(=O)CC(O)CCCCCCCCCCCCCCCCC/C=C\CCCCCCCCCCCCCCCCCCCC. The van der Waals surface area contributed by atoms with Gasteiger partial charge in [0.15, 0.2) is 0 Å². The van der Waals surface area contributed by atoms with Crippen molar-refractivity contribution >= 4 is 5.91 Å². The van der Waals surface area contributed by atoms with Crippen LogP contribution in [0.15, 0.2) is 36.5 Å². The van der Waals surface area contributed by atoms with E-state index in [4.69, 9.17) is 0 Å². The summed E-state index contributed by atoms with van der Waals surface area (Å²) in [5, 5.41) is 33.2. The summed E-state index contributed by atoms with van der Waals surface area (Å²) in [5.74, 6) is -0.324. The minimum Gasteiger partial charge on any atom is -0.394 e. The third-order valence-corrected chi connectivity index (χ3v) is 13.1. The lowest BCUT2D eigenvalue weighted by molar-refractivity contribution is -0.124. The molecule has 372 valence electrons. The van der Waals surface area contributed by atoms with Crippen LogP contribution in [-0.4, -0.2) is 46.1 Å². The number of aliphatic hydroxyl groups is 3. The number of hydrogen-bond donors (Lipinski definition) is 4. The van der Waals surface area contributed by atoms with E-state index in [1.165, 1.54) is 244 Å². The van der Waals surface area contributed by atoms with Gasteiger partial charge < -0.3 is 20.6 Å². The number of aliphatic hydroxyl groups excluding tert-OH is 3. The van der Waals surface area contributed by atoms with E-state index in [1.54, 1.807) is 6.08 Å². The summed E-state index contributed by atoms with van der Waals surface area (Å²) in [6.45, 7) is 4.19. The van der Waals surface area contributed by atoms with Crippen molar-refractivity contribution in [2.24, 2.45) is 0 Å². The third-order valence-electron chi connectivity index (χ3n) is 13.1. The molecule has 0 spiro atoms. The van der Waals surface area contributed by atoms with Crippen molar-refractivity contribution in [2.45, 2.75) is 321 Å². The molecule has 63 heavy (non-hydrogen) atoms. The quantitative estimate of drug-likeness (QED) is 0.0362. The summed E-state index contributed by atoms with van der Waals surface area (Å²) in [5.41, 5.74) is 0. The lowest BCUT2D eigenvalue weighted by atomic mass is 10.0. The molecular formula is C58H111NO4. The molecule has 5 heteroatoms. The number of allylic oxidation sites excluding steroid dienone is 5. The van der Waals surface area contributed by atoms with Crippen LogP contribution in [0.3, 0.4) is 0 Å². The first-order valence-corrected chi connectivity index (χ1v) is 28.3. The minimum absolute atomic E-state index is 0.00741. The van der Waals surface area contributed by atoms with E-state index < -0.39 is 18.2 Å². The van der Waals surface area contributed by atoms with Gasteiger partial charge in [-0.2, -0.15) is 0 Å². The first-order chi connectivity index (χ1) is 31.0. The number of amides is 1.